The molecule has 11 nitrogen and oxygen atoms in total. The highest BCUT2D eigenvalue weighted by atomic mass is 16.6. The van der Waals surface area contributed by atoms with Crippen molar-refractivity contribution in [1.29, 1.82) is 0 Å². The molecule has 1 rings (SSSR count). The largest absolute Gasteiger partial charge is 0.466 e. The van der Waals surface area contributed by atoms with Crippen LogP contribution in [0.3, 0.4) is 0 Å². The third-order valence-electron chi connectivity index (χ3n) is 6.46. The zero-order valence-electron chi connectivity index (χ0n) is 27.0. The fraction of sp³-hybridized carbons (Fsp3) is 0.625. The van der Waals surface area contributed by atoms with E-state index in [1.54, 1.807) is 47.6 Å². The van der Waals surface area contributed by atoms with Crippen LogP contribution in [-0.4, -0.2) is 58.5 Å². The lowest BCUT2D eigenvalue weighted by atomic mass is 9.87. The SMILES string of the molecule is CCC(C)[C@H](CC(=O)Cn1cccc(CC(=O)[C@H](CC/C=C/C(=O)OC)NC(=O)OC(C)(C)C)c1=O)C(=O)OC(C)(C)C. The minimum Gasteiger partial charge on any atom is -0.466 e. The number of carbonyl (C=O) groups is 5. The molecule has 1 aromatic heterocycles. The lowest BCUT2D eigenvalue weighted by molar-refractivity contribution is -0.163. The Labute approximate surface area is 254 Å². The molecule has 1 N–H and O–H groups in total. The van der Waals surface area contributed by atoms with Crippen molar-refractivity contribution >= 4 is 29.6 Å². The molecule has 0 fully saturated rings. The molecule has 0 spiro atoms. The number of alkyl carbamates (subject to hydrolysis) is 1. The maximum atomic E-state index is 13.3. The van der Waals surface area contributed by atoms with Crippen LogP contribution in [0.25, 0.3) is 0 Å². The van der Waals surface area contributed by atoms with Crippen LogP contribution in [0.1, 0.15) is 86.6 Å². The van der Waals surface area contributed by atoms with Gasteiger partial charge in [0.1, 0.15) is 11.2 Å². The van der Waals surface area contributed by atoms with E-state index < -0.39 is 52.5 Å². The van der Waals surface area contributed by atoms with E-state index in [-0.39, 0.29) is 49.5 Å². The van der Waals surface area contributed by atoms with Crippen LogP contribution in [0.2, 0.25) is 0 Å². The summed E-state index contributed by atoms with van der Waals surface area (Å²) in [5.41, 5.74) is -1.87. The molecule has 0 radical (unpaired) electrons. The third-order valence-corrected chi connectivity index (χ3v) is 6.46. The Hall–Kier alpha value is -3.76. The van der Waals surface area contributed by atoms with Gasteiger partial charge in [0.05, 0.1) is 25.6 Å². The average Bonchev–Trinajstić information content (AvgIpc) is 2.88. The molecule has 1 heterocycles. The summed E-state index contributed by atoms with van der Waals surface area (Å²) in [7, 11) is 1.24. The summed E-state index contributed by atoms with van der Waals surface area (Å²) in [5.74, 6) is -2.51. The van der Waals surface area contributed by atoms with Gasteiger partial charge in [-0.2, -0.15) is 0 Å². The van der Waals surface area contributed by atoms with Crippen LogP contribution < -0.4 is 10.9 Å². The van der Waals surface area contributed by atoms with Gasteiger partial charge in [-0.3, -0.25) is 19.2 Å². The highest BCUT2D eigenvalue weighted by molar-refractivity contribution is 5.89. The predicted octanol–water partition coefficient (Wildman–Crippen LogP) is 4.33. The summed E-state index contributed by atoms with van der Waals surface area (Å²) in [5, 5.41) is 2.56. The number of aromatic nitrogens is 1. The van der Waals surface area contributed by atoms with Crippen LogP contribution in [0.4, 0.5) is 4.79 Å². The van der Waals surface area contributed by atoms with E-state index in [4.69, 9.17) is 9.47 Å². The average molecular weight is 605 g/mol. The van der Waals surface area contributed by atoms with Crippen LogP contribution in [0, 0.1) is 11.8 Å². The van der Waals surface area contributed by atoms with Gasteiger partial charge < -0.3 is 24.1 Å². The van der Waals surface area contributed by atoms with E-state index in [0.717, 1.165) is 0 Å². The number of carbonyl (C=O) groups excluding carboxylic acids is 5. The number of ketones is 2. The van der Waals surface area contributed by atoms with Crippen molar-refractivity contribution in [2.24, 2.45) is 11.8 Å². The normalized spacial score (nSPS) is 14.0. The molecule has 0 saturated carbocycles. The van der Waals surface area contributed by atoms with Crippen molar-refractivity contribution in [2.45, 2.75) is 111 Å². The van der Waals surface area contributed by atoms with Crippen molar-refractivity contribution in [2.75, 3.05) is 7.11 Å². The molecule has 11 heteroatoms. The van der Waals surface area contributed by atoms with Gasteiger partial charge in [0.2, 0.25) is 0 Å². The molecule has 43 heavy (non-hydrogen) atoms. The van der Waals surface area contributed by atoms with Gasteiger partial charge in [0.25, 0.3) is 5.56 Å². The lowest BCUT2D eigenvalue weighted by Gasteiger charge is -2.26. The standard InChI is InChI=1S/C32H48N2O9/c1-10-21(2)24(29(39)42-31(3,4)5)19-23(35)20-34-17-13-14-22(28(34)38)18-26(36)25(15-11-12-16-27(37)41-9)33-30(40)43-32(6,7)8/h12-14,16-17,21,24-25H,10-11,15,18-20H2,1-9H3,(H,33,40)/b16-12+/t21?,24-,25-/m0/s1. The molecule has 0 aliphatic heterocycles. The Morgan fingerprint density at radius 1 is 1.02 bits per heavy atom. The number of amides is 1. The van der Waals surface area contributed by atoms with Crippen molar-refractivity contribution in [3.63, 3.8) is 0 Å². The highest BCUT2D eigenvalue weighted by Gasteiger charge is 2.31. The first kappa shape index (κ1) is 37.3. The maximum Gasteiger partial charge on any atom is 0.408 e. The van der Waals surface area contributed by atoms with E-state index in [9.17, 15) is 28.8 Å². The van der Waals surface area contributed by atoms with Crippen LogP contribution in [0.15, 0.2) is 35.3 Å². The minimum absolute atomic E-state index is 0.0828. The number of nitrogens with one attached hydrogen (secondary N) is 1. The Bertz CT molecular complexity index is 1220. The Morgan fingerprint density at radius 2 is 1.65 bits per heavy atom. The summed E-state index contributed by atoms with van der Waals surface area (Å²) >= 11 is 0. The van der Waals surface area contributed by atoms with Gasteiger partial charge in [0.15, 0.2) is 11.6 Å². The molecular formula is C32H48N2O9. The van der Waals surface area contributed by atoms with Crippen LogP contribution in [-0.2, 0) is 46.4 Å². The molecule has 3 atom stereocenters. The monoisotopic (exact) mass is 604 g/mol. The Morgan fingerprint density at radius 3 is 2.21 bits per heavy atom. The third kappa shape index (κ3) is 14.3. The number of nitrogens with zero attached hydrogens (tertiary/aromatic N) is 1. The number of hydrogen-bond donors (Lipinski definition) is 1. The van der Waals surface area contributed by atoms with Crippen molar-refractivity contribution in [3.05, 3.63) is 46.4 Å². The van der Waals surface area contributed by atoms with E-state index in [1.807, 2.05) is 13.8 Å². The quantitative estimate of drug-likeness (QED) is 0.176. The van der Waals surface area contributed by atoms with E-state index in [1.165, 1.54) is 36.1 Å². The molecule has 240 valence electrons. The minimum atomic E-state index is -1.00. The topological polar surface area (TPSA) is 147 Å². The first-order valence-corrected chi connectivity index (χ1v) is 14.6. The highest BCUT2D eigenvalue weighted by Crippen LogP contribution is 2.24. The summed E-state index contributed by atoms with van der Waals surface area (Å²) in [4.78, 5) is 76.1. The van der Waals surface area contributed by atoms with Crippen LogP contribution >= 0.6 is 0 Å². The van der Waals surface area contributed by atoms with Crippen molar-refractivity contribution in [1.82, 2.24) is 9.88 Å². The lowest BCUT2D eigenvalue weighted by Crippen LogP contribution is -2.44. The van der Waals surface area contributed by atoms with E-state index in [2.05, 4.69) is 10.1 Å². The number of esters is 2. The van der Waals surface area contributed by atoms with E-state index >= 15 is 0 Å². The first-order chi connectivity index (χ1) is 19.9. The second-order valence-electron chi connectivity index (χ2n) is 12.6. The van der Waals surface area contributed by atoms with E-state index in [0.29, 0.717) is 6.42 Å². The van der Waals surface area contributed by atoms with Crippen LogP contribution in [0.5, 0.6) is 0 Å². The number of ether oxygens (including phenoxy) is 3. The predicted molar refractivity (Wildman–Crippen MR) is 161 cm³/mol. The molecular weight excluding hydrogens is 556 g/mol. The first-order valence-electron chi connectivity index (χ1n) is 14.6. The van der Waals surface area contributed by atoms with Gasteiger partial charge in [-0.1, -0.05) is 32.4 Å². The van der Waals surface area contributed by atoms with Crippen molar-refractivity contribution < 1.29 is 38.2 Å². The summed E-state index contributed by atoms with van der Waals surface area (Å²) in [6.07, 6.45) is 4.10. The Kier molecular flexibility index (Phi) is 14.5. The maximum absolute atomic E-state index is 13.3. The number of hydrogen-bond acceptors (Lipinski definition) is 9. The zero-order valence-corrected chi connectivity index (χ0v) is 27.0. The molecule has 0 aliphatic carbocycles. The molecule has 1 aromatic rings. The molecule has 0 aromatic carbocycles. The molecule has 0 aliphatic rings. The number of allylic oxidation sites excluding steroid dienone is 1. The Balaban J connectivity index is 3.09. The fourth-order valence-corrected chi connectivity index (χ4v) is 4.11. The molecule has 0 saturated heterocycles. The summed E-state index contributed by atoms with van der Waals surface area (Å²) in [6.45, 7) is 13.9. The molecule has 1 amide bonds. The number of Topliss-reactive ketones (excluding diaryl/α,β-unsaturated/α-hetero) is 2. The fourth-order valence-electron chi connectivity index (χ4n) is 4.11. The van der Waals surface area contributed by atoms with Gasteiger partial charge in [0, 0.05) is 30.7 Å². The van der Waals surface area contributed by atoms with Gasteiger partial charge >= 0.3 is 18.0 Å². The zero-order chi connectivity index (χ0) is 33.0. The second-order valence-corrected chi connectivity index (χ2v) is 12.6. The smallest absolute Gasteiger partial charge is 0.408 e. The summed E-state index contributed by atoms with van der Waals surface area (Å²) in [6, 6.07) is 2.05. The second kappa shape index (κ2) is 16.8. The number of methoxy groups -OCH3 is 1. The summed E-state index contributed by atoms with van der Waals surface area (Å²) < 4.78 is 16.6. The van der Waals surface area contributed by atoms with Crippen molar-refractivity contribution in [3.8, 4) is 0 Å². The number of pyridine rings is 1. The van der Waals surface area contributed by atoms with Gasteiger partial charge in [-0.15, -0.1) is 0 Å². The van der Waals surface area contributed by atoms with Gasteiger partial charge in [-0.05, 0) is 66.4 Å². The molecule has 0 bridgehead atoms. The van der Waals surface area contributed by atoms with Gasteiger partial charge in [-0.25, -0.2) is 9.59 Å². The number of rotatable bonds is 15. The molecule has 1 unspecified atom stereocenters.